The summed E-state index contributed by atoms with van der Waals surface area (Å²) in [6.07, 6.45) is -2.63. The monoisotopic (exact) mass is 202 g/mol. The molecule has 0 saturated heterocycles. The molecule has 0 unspecified atom stereocenters. The van der Waals surface area contributed by atoms with Crippen LogP contribution in [0.1, 0.15) is 23.4 Å². The Bertz CT molecular complexity index is 346. The molecule has 0 aromatic carbocycles. The summed E-state index contributed by atoms with van der Waals surface area (Å²) in [5, 5.41) is 8.54. The highest BCUT2D eigenvalue weighted by atomic mass is 35.5. The normalized spacial score (nSPS) is 10.1. The van der Waals surface area contributed by atoms with Crippen molar-refractivity contribution in [2.45, 2.75) is 12.3 Å². The second-order valence-electron chi connectivity index (χ2n) is 2.28. The average molecular weight is 203 g/mol. The van der Waals surface area contributed by atoms with Crippen molar-refractivity contribution in [1.29, 1.82) is 5.26 Å². The van der Waals surface area contributed by atoms with Gasteiger partial charge in [-0.1, -0.05) is 0 Å². The molecule has 1 rings (SSSR count). The zero-order valence-electron chi connectivity index (χ0n) is 6.47. The van der Waals surface area contributed by atoms with Crippen LogP contribution in [-0.2, 0) is 5.88 Å². The Morgan fingerprint density at radius 1 is 1.54 bits per heavy atom. The maximum Gasteiger partial charge on any atom is 0.280 e. The molecule has 68 valence electrons. The molecule has 2 nitrogen and oxygen atoms in total. The van der Waals surface area contributed by atoms with Gasteiger partial charge >= 0.3 is 0 Å². The largest absolute Gasteiger partial charge is 0.280 e. The van der Waals surface area contributed by atoms with Crippen LogP contribution in [0.4, 0.5) is 8.78 Å². The highest BCUT2D eigenvalue weighted by Crippen LogP contribution is 2.18. The molecular weight excluding hydrogens is 198 g/mol. The van der Waals surface area contributed by atoms with Crippen molar-refractivity contribution in [3.63, 3.8) is 0 Å². The molecule has 1 heterocycles. The number of rotatable bonds is 2. The molecule has 0 aliphatic rings. The smallest absolute Gasteiger partial charge is 0.249 e. The molecule has 0 aliphatic heterocycles. The van der Waals surface area contributed by atoms with E-state index in [1.165, 1.54) is 6.07 Å². The van der Waals surface area contributed by atoms with Gasteiger partial charge in [-0.3, -0.25) is 0 Å². The van der Waals surface area contributed by atoms with Gasteiger partial charge in [-0.15, -0.1) is 11.6 Å². The quantitative estimate of drug-likeness (QED) is 0.692. The first-order chi connectivity index (χ1) is 6.19. The lowest BCUT2D eigenvalue weighted by Crippen LogP contribution is -1.97. The minimum Gasteiger partial charge on any atom is -0.249 e. The maximum absolute atomic E-state index is 12.1. The van der Waals surface area contributed by atoms with Gasteiger partial charge in [0.2, 0.25) is 0 Å². The van der Waals surface area contributed by atoms with E-state index in [0.29, 0.717) is 0 Å². The van der Waals surface area contributed by atoms with Crippen LogP contribution in [-0.4, -0.2) is 4.98 Å². The minimum absolute atomic E-state index is 0.0382. The van der Waals surface area contributed by atoms with Gasteiger partial charge in [-0.2, -0.15) is 5.26 Å². The molecule has 0 spiro atoms. The van der Waals surface area contributed by atoms with E-state index in [9.17, 15) is 8.78 Å². The zero-order chi connectivity index (χ0) is 9.84. The third kappa shape index (κ3) is 2.13. The lowest BCUT2D eigenvalue weighted by Gasteiger charge is -2.02. The van der Waals surface area contributed by atoms with E-state index in [2.05, 4.69) is 4.98 Å². The summed E-state index contributed by atoms with van der Waals surface area (Å²) in [7, 11) is 0. The molecule has 5 heteroatoms. The fraction of sp³-hybridized carbons (Fsp3) is 0.250. The molecule has 0 aliphatic carbocycles. The van der Waals surface area contributed by atoms with Crippen LogP contribution in [0.2, 0.25) is 0 Å². The van der Waals surface area contributed by atoms with E-state index in [-0.39, 0.29) is 22.8 Å². The fourth-order valence-electron chi connectivity index (χ4n) is 0.843. The van der Waals surface area contributed by atoms with Crippen molar-refractivity contribution < 1.29 is 8.78 Å². The number of halogens is 3. The molecule has 0 N–H and O–H groups in total. The predicted molar refractivity (Wildman–Crippen MR) is 43.5 cm³/mol. The topological polar surface area (TPSA) is 36.7 Å². The Morgan fingerprint density at radius 2 is 2.23 bits per heavy atom. The van der Waals surface area contributed by atoms with Crippen molar-refractivity contribution in [3.8, 4) is 6.07 Å². The summed E-state index contributed by atoms with van der Waals surface area (Å²) in [5.74, 6) is -0.0382. The third-order valence-electron chi connectivity index (χ3n) is 1.47. The summed E-state index contributed by atoms with van der Waals surface area (Å²) in [4.78, 5) is 3.56. The van der Waals surface area contributed by atoms with Gasteiger partial charge in [0.05, 0.1) is 17.1 Å². The number of aromatic nitrogens is 1. The molecule has 0 atom stereocenters. The average Bonchev–Trinajstić information content (AvgIpc) is 2.16. The Balaban J connectivity index is 3.15. The summed E-state index contributed by atoms with van der Waals surface area (Å²) in [5.41, 5.74) is 0.0796. The first kappa shape index (κ1) is 9.87. The van der Waals surface area contributed by atoms with E-state index in [4.69, 9.17) is 16.9 Å². The van der Waals surface area contributed by atoms with E-state index >= 15 is 0 Å². The molecule has 13 heavy (non-hydrogen) atoms. The van der Waals surface area contributed by atoms with Gasteiger partial charge in [0.1, 0.15) is 11.8 Å². The number of alkyl halides is 3. The molecule has 0 bridgehead atoms. The van der Waals surface area contributed by atoms with Crippen LogP contribution < -0.4 is 0 Å². The van der Waals surface area contributed by atoms with Crippen molar-refractivity contribution in [1.82, 2.24) is 4.98 Å². The van der Waals surface area contributed by atoms with Gasteiger partial charge < -0.3 is 0 Å². The summed E-state index contributed by atoms with van der Waals surface area (Å²) in [6, 6.07) is 4.24. The van der Waals surface area contributed by atoms with Crippen molar-refractivity contribution in [2.24, 2.45) is 0 Å². The fourth-order valence-corrected chi connectivity index (χ4v) is 1.05. The van der Waals surface area contributed by atoms with Gasteiger partial charge in [-0.25, -0.2) is 13.8 Å². The Hall–Kier alpha value is -1.21. The van der Waals surface area contributed by atoms with E-state index in [1.54, 1.807) is 0 Å². The van der Waals surface area contributed by atoms with Crippen LogP contribution in [0.3, 0.4) is 0 Å². The Morgan fingerprint density at radius 3 is 2.69 bits per heavy atom. The number of pyridine rings is 1. The number of hydrogen-bond donors (Lipinski definition) is 0. The second-order valence-corrected chi connectivity index (χ2v) is 2.54. The SMILES string of the molecule is N#Cc1ccc(C(F)F)nc1CCl. The summed E-state index contributed by atoms with van der Waals surface area (Å²) < 4.78 is 24.3. The van der Waals surface area contributed by atoms with Crippen LogP contribution >= 0.6 is 11.6 Å². The third-order valence-corrected chi connectivity index (χ3v) is 1.72. The van der Waals surface area contributed by atoms with Crippen molar-refractivity contribution in [3.05, 3.63) is 29.1 Å². The van der Waals surface area contributed by atoms with Crippen LogP contribution in [0.25, 0.3) is 0 Å². The van der Waals surface area contributed by atoms with Gasteiger partial charge in [0.15, 0.2) is 0 Å². The molecule has 1 aromatic heterocycles. The van der Waals surface area contributed by atoms with Crippen LogP contribution in [0.15, 0.2) is 12.1 Å². The summed E-state index contributed by atoms with van der Waals surface area (Å²) in [6.45, 7) is 0. The number of nitriles is 1. The first-order valence-electron chi connectivity index (χ1n) is 3.43. The standard InChI is InChI=1S/C8H5ClF2N2/c9-3-7-5(4-12)1-2-6(13-7)8(10)11/h1-2,8H,3H2. The molecule has 0 radical (unpaired) electrons. The highest BCUT2D eigenvalue weighted by Gasteiger charge is 2.11. The highest BCUT2D eigenvalue weighted by molar-refractivity contribution is 6.17. The maximum atomic E-state index is 12.1. The van der Waals surface area contributed by atoms with Crippen molar-refractivity contribution in [2.75, 3.05) is 0 Å². The molecular formula is C8H5ClF2N2. The van der Waals surface area contributed by atoms with Crippen molar-refractivity contribution >= 4 is 11.6 Å². The lowest BCUT2D eigenvalue weighted by atomic mass is 10.2. The molecule has 0 amide bonds. The number of hydrogen-bond acceptors (Lipinski definition) is 2. The molecule has 0 saturated carbocycles. The summed E-state index contributed by atoms with van der Waals surface area (Å²) >= 11 is 5.43. The van der Waals surface area contributed by atoms with Crippen LogP contribution in [0.5, 0.6) is 0 Å². The van der Waals surface area contributed by atoms with Gasteiger partial charge in [0, 0.05) is 0 Å². The van der Waals surface area contributed by atoms with E-state index in [1.807, 2.05) is 6.07 Å². The first-order valence-corrected chi connectivity index (χ1v) is 3.96. The van der Waals surface area contributed by atoms with Gasteiger partial charge in [-0.05, 0) is 12.1 Å². The number of nitrogens with zero attached hydrogens (tertiary/aromatic N) is 2. The zero-order valence-corrected chi connectivity index (χ0v) is 7.22. The second kappa shape index (κ2) is 4.15. The molecule has 0 fully saturated rings. The van der Waals surface area contributed by atoms with Crippen LogP contribution in [0, 0.1) is 11.3 Å². The lowest BCUT2D eigenvalue weighted by molar-refractivity contribution is 0.146. The molecule has 1 aromatic rings. The Kier molecular flexibility index (Phi) is 3.15. The van der Waals surface area contributed by atoms with E-state index in [0.717, 1.165) is 6.07 Å². The van der Waals surface area contributed by atoms with E-state index < -0.39 is 6.43 Å². The minimum atomic E-state index is -2.63. The Labute approximate surface area is 78.8 Å². The predicted octanol–water partition coefficient (Wildman–Crippen LogP) is 2.63. The van der Waals surface area contributed by atoms with Gasteiger partial charge in [0.25, 0.3) is 6.43 Å².